The maximum Gasteiger partial charge on any atom is 0.133 e. The lowest BCUT2D eigenvalue weighted by Crippen LogP contribution is -2.37. The van der Waals surface area contributed by atoms with Crippen molar-refractivity contribution in [1.82, 2.24) is 10.3 Å². The molecule has 0 aliphatic heterocycles. The van der Waals surface area contributed by atoms with Crippen LogP contribution in [0.2, 0.25) is 0 Å². The Balaban J connectivity index is 2.23. The van der Waals surface area contributed by atoms with Crippen LogP contribution in [0, 0.1) is 5.92 Å². The zero-order valence-corrected chi connectivity index (χ0v) is 15.5. The van der Waals surface area contributed by atoms with E-state index in [2.05, 4.69) is 66.8 Å². The number of pyridine rings is 1. The summed E-state index contributed by atoms with van der Waals surface area (Å²) < 4.78 is 1.05. The van der Waals surface area contributed by atoms with Crippen molar-refractivity contribution in [3.63, 3.8) is 0 Å². The third-order valence-corrected chi connectivity index (χ3v) is 3.97. The van der Waals surface area contributed by atoms with Crippen LogP contribution < -0.4 is 10.2 Å². The van der Waals surface area contributed by atoms with Crippen LogP contribution in [0.1, 0.15) is 53.0 Å². The molecule has 1 fully saturated rings. The molecule has 0 saturated heterocycles. The average molecular weight is 354 g/mol. The summed E-state index contributed by atoms with van der Waals surface area (Å²) >= 11 is 3.56. The van der Waals surface area contributed by atoms with Gasteiger partial charge in [-0.1, -0.05) is 13.8 Å². The quantitative estimate of drug-likeness (QED) is 0.823. The van der Waals surface area contributed by atoms with Crippen LogP contribution in [0.4, 0.5) is 5.82 Å². The van der Waals surface area contributed by atoms with Gasteiger partial charge in [-0.2, -0.15) is 0 Å². The third kappa shape index (κ3) is 5.26. The SMILES string of the molecule is CC(C)CN(c1ncc(Br)cc1CNC(C)(C)C)C1CC1. The molecule has 0 amide bonds. The largest absolute Gasteiger partial charge is 0.353 e. The second-order valence-corrected chi connectivity index (χ2v) is 8.43. The molecule has 1 aliphatic carbocycles. The second kappa shape index (κ2) is 6.66. The van der Waals surface area contributed by atoms with Gasteiger partial charge in [0.15, 0.2) is 0 Å². The number of nitrogens with zero attached hydrogens (tertiary/aromatic N) is 2. The molecule has 1 saturated carbocycles. The van der Waals surface area contributed by atoms with Crippen molar-refractivity contribution >= 4 is 21.7 Å². The van der Waals surface area contributed by atoms with E-state index in [4.69, 9.17) is 4.98 Å². The van der Waals surface area contributed by atoms with Crippen molar-refractivity contribution in [2.45, 2.75) is 65.6 Å². The number of anilines is 1. The third-order valence-electron chi connectivity index (χ3n) is 3.54. The molecular weight excluding hydrogens is 326 g/mol. The minimum Gasteiger partial charge on any atom is -0.353 e. The first-order valence-corrected chi connectivity index (χ1v) is 8.71. The van der Waals surface area contributed by atoms with Crippen molar-refractivity contribution in [3.05, 3.63) is 22.3 Å². The first-order chi connectivity index (χ1) is 9.76. The molecule has 118 valence electrons. The summed E-state index contributed by atoms with van der Waals surface area (Å²) in [7, 11) is 0. The lowest BCUT2D eigenvalue weighted by molar-refractivity contribution is 0.423. The molecule has 0 spiro atoms. The Hall–Kier alpha value is -0.610. The highest BCUT2D eigenvalue weighted by Gasteiger charge is 2.31. The smallest absolute Gasteiger partial charge is 0.133 e. The lowest BCUT2D eigenvalue weighted by Gasteiger charge is -2.29. The minimum absolute atomic E-state index is 0.113. The van der Waals surface area contributed by atoms with E-state index in [-0.39, 0.29) is 5.54 Å². The van der Waals surface area contributed by atoms with E-state index in [1.807, 2.05) is 6.20 Å². The van der Waals surface area contributed by atoms with E-state index < -0.39 is 0 Å². The minimum atomic E-state index is 0.113. The normalized spacial score (nSPS) is 15.6. The molecule has 1 aliphatic rings. The molecule has 1 aromatic rings. The van der Waals surface area contributed by atoms with E-state index in [1.54, 1.807) is 0 Å². The van der Waals surface area contributed by atoms with E-state index >= 15 is 0 Å². The Morgan fingerprint density at radius 1 is 1.38 bits per heavy atom. The molecule has 0 unspecified atom stereocenters. The molecule has 21 heavy (non-hydrogen) atoms. The second-order valence-electron chi connectivity index (χ2n) is 7.52. The van der Waals surface area contributed by atoms with Gasteiger partial charge in [-0.15, -0.1) is 0 Å². The first kappa shape index (κ1) is 16.8. The summed E-state index contributed by atoms with van der Waals surface area (Å²) in [6.07, 6.45) is 4.53. The van der Waals surface area contributed by atoms with Gasteiger partial charge in [-0.05, 0) is 61.5 Å². The molecule has 2 rings (SSSR count). The standard InChI is InChI=1S/C17H28BrN3/c1-12(2)11-21(15-6-7-15)16-13(8-14(18)10-19-16)9-20-17(3,4)5/h8,10,12,15,20H,6-7,9,11H2,1-5H3. The van der Waals surface area contributed by atoms with E-state index in [0.29, 0.717) is 12.0 Å². The fraction of sp³-hybridized carbons (Fsp3) is 0.706. The van der Waals surface area contributed by atoms with Gasteiger partial charge in [0.2, 0.25) is 0 Å². The highest BCUT2D eigenvalue weighted by Crippen LogP contribution is 2.34. The van der Waals surface area contributed by atoms with Crippen LogP contribution in [-0.2, 0) is 6.54 Å². The summed E-state index contributed by atoms with van der Waals surface area (Å²) in [5.74, 6) is 1.81. The van der Waals surface area contributed by atoms with Gasteiger partial charge in [-0.3, -0.25) is 0 Å². The predicted molar refractivity (Wildman–Crippen MR) is 93.7 cm³/mol. The van der Waals surface area contributed by atoms with E-state index in [0.717, 1.165) is 23.4 Å². The Morgan fingerprint density at radius 3 is 2.57 bits per heavy atom. The molecular formula is C17H28BrN3. The molecule has 1 heterocycles. The van der Waals surface area contributed by atoms with Gasteiger partial charge in [0.05, 0.1) is 0 Å². The number of aromatic nitrogens is 1. The molecule has 1 aromatic heterocycles. The molecule has 0 bridgehead atoms. The summed E-state index contributed by atoms with van der Waals surface area (Å²) in [6, 6.07) is 2.89. The van der Waals surface area contributed by atoms with Crippen LogP contribution in [0.5, 0.6) is 0 Å². The van der Waals surface area contributed by atoms with Crippen molar-refractivity contribution in [1.29, 1.82) is 0 Å². The molecule has 4 heteroatoms. The molecule has 0 atom stereocenters. The Bertz CT molecular complexity index is 475. The van der Waals surface area contributed by atoms with Crippen molar-refractivity contribution in [2.24, 2.45) is 5.92 Å². The maximum atomic E-state index is 4.73. The van der Waals surface area contributed by atoms with Gasteiger partial charge in [-0.25, -0.2) is 4.98 Å². The Kier molecular flexibility index (Phi) is 5.31. The lowest BCUT2D eigenvalue weighted by atomic mass is 10.1. The zero-order valence-electron chi connectivity index (χ0n) is 13.9. The van der Waals surface area contributed by atoms with E-state index in [9.17, 15) is 0 Å². The Labute approximate surface area is 137 Å². The predicted octanol–water partition coefficient (Wildman–Crippen LogP) is 4.36. The fourth-order valence-corrected chi connectivity index (χ4v) is 2.79. The van der Waals surface area contributed by atoms with Crippen molar-refractivity contribution < 1.29 is 0 Å². The van der Waals surface area contributed by atoms with Gasteiger partial charge in [0.1, 0.15) is 5.82 Å². The molecule has 3 nitrogen and oxygen atoms in total. The van der Waals surface area contributed by atoms with Gasteiger partial charge < -0.3 is 10.2 Å². The molecule has 0 aromatic carbocycles. The first-order valence-electron chi connectivity index (χ1n) is 7.92. The summed E-state index contributed by atoms with van der Waals surface area (Å²) in [4.78, 5) is 7.24. The van der Waals surface area contributed by atoms with Crippen LogP contribution in [0.25, 0.3) is 0 Å². The van der Waals surface area contributed by atoms with Crippen LogP contribution in [0.3, 0.4) is 0 Å². The fourth-order valence-electron chi connectivity index (χ4n) is 2.41. The van der Waals surface area contributed by atoms with Crippen LogP contribution in [0.15, 0.2) is 16.7 Å². The number of nitrogens with one attached hydrogen (secondary N) is 1. The van der Waals surface area contributed by atoms with Crippen LogP contribution >= 0.6 is 15.9 Å². The van der Waals surface area contributed by atoms with Gasteiger partial charge in [0.25, 0.3) is 0 Å². The maximum absolute atomic E-state index is 4.73. The summed E-state index contributed by atoms with van der Waals surface area (Å²) in [5.41, 5.74) is 1.40. The van der Waals surface area contributed by atoms with Gasteiger partial charge in [0, 0.05) is 40.9 Å². The molecule has 1 N–H and O–H groups in total. The number of halogens is 1. The Morgan fingerprint density at radius 2 is 2.05 bits per heavy atom. The summed E-state index contributed by atoms with van der Waals surface area (Å²) in [5, 5.41) is 3.59. The average Bonchev–Trinajstić information content (AvgIpc) is 3.17. The highest BCUT2D eigenvalue weighted by molar-refractivity contribution is 9.10. The van der Waals surface area contributed by atoms with Gasteiger partial charge >= 0.3 is 0 Å². The molecule has 0 radical (unpaired) electrons. The van der Waals surface area contributed by atoms with Crippen LogP contribution in [-0.4, -0.2) is 23.1 Å². The topological polar surface area (TPSA) is 28.2 Å². The van der Waals surface area contributed by atoms with Crippen molar-refractivity contribution in [2.75, 3.05) is 11.4 Å². The number of hydrogen-bond donors (Lipinski definition) is 1. The zero-order chi connectivity index (χ0) is 15.6. The monoisotopic (exact) mass is 353 g/mol. The summed E-state index contributed by atoms with van der Waals surface area (Å²) in [6.45, 7) is 13.1. The highest BCUT2D eigenvalue weighted by atomic mass is 79.9. The number of rotatable bonds is 6. The van der Waals surface area contributed by atoms with Crippen molar-refractivity contribution in [3.8, 4) is 0 Å². The number of hydrogen-bond acceptors (Lipinski definition) is 3. The van der Waals surface area contributed by atoms with E-state index in [1.165, 1.54) is 18.4 Å².